The van der Waals surface area contributed by atoms with E-state index in [0.717, 1.165) is 49.7 Å². The van der Waals surface area contributed by atoms with Crippen molar-refractivity contribution in [3.63, 3.8) is 0 Å². The molecule has 3 rings (SSSR count). The molecule has 2 aromatic rings. The van der Waals surface area contributed by atoms with Gasteiger partial charge in [0.1, 0.15) is 12.4 Å². The first-order chi connectivity index (χ1) is 13.1. The van der Waals surface area contributed by atoms with E-state index in [-0.39, 0.29) is 11.7 Å². The third kappa shape index (κ3) is 5.65. The normalized spacial score (nSPS) is 16.1. The van der Waals surface area contributed by atoms with Crippen LogP contribution in [-0.4, -0.2) is 50.1 Å². The number of benzene rings is 2. The molecule has 4 nitrogen and oxygen atoms in total. The highest BCUT2D eigenvalue weighted by atomic mass is 16.5. The average Bonchev–Trinajstić information content (AvgIpc) is 2.70. The molecule has 0 aliphatic carbocycles. The van der Waals surface area contributed by atoms with Crippen LogP contribution in [-0.2, 0) is 4.74 Å². The minimum atomic E-state index is 0.179. The summed E-state index contributed by atoms with van der Waals surface area (Å²) in [5.74, 6) is 1.29. The number of ether oxygens (including phenoxy) is 2. The fraction of sp³-hybridized carbons (Fsp3) is 0.435. The van der Waals surface area contributed by atoms with Crippen LogP contribution in [0, 0.1) is 6.92 Å². The van der Waals surface area contributed by atoms with Gasteiger partial charge in [-0.05, 0) is 30.0 Å². The van der Waals surface area contributed by atoms with E-state index in [9.17, 15) is 4.79 Å². The first-order valence-corrected chi connectivity index (χ1v) is 9.75. The van der Waals surface area contributed by atoms with Crippen molar-refractivity contribution in [2.24, 2.45) is 0 Å². The van der Waals surface area contributed by atoms with Crippen LogP contribution in [0.2, 0.25) is 0 Å². The van der Waals surface area contributed by atoms with Crippen molar-refractivity contribution in [3.8, 4) is 5.75 Å². The lowest BCUT2D eigenvalue weighted by molar-refractivity contribution is 0.0322. The van der Waals surface area contributed by atoms with Crippen LogP contribution in [0.25, 0.3) is 0 Å². The summed E-state index contributed by atoms with van der Waals surface area (Å²) in [7, 11) is 0. The van der Waals surface area contributed by atoms with Gasteiger partial charge in [-0.3, -0.25) is 9.69 Å². The zero-order chi connectivity index (χ0) is 19.1. The minimum Gasteiger partial charge on any atom is -0.492 e. The summed E-state index contributed by atoms with van der Waals surface area (Å²) in [6.07, 6.45) is 0.515. The zero-order valence-corrected chi connectivity index (χ0v) is 16.3. The molecular weight excluding hydrogens is 338 g/mol. The second kappa shape index (κ2) is 9.67. The summed E-state index contributed by atoms with van der Waals surface area (Å²) in [5, 5.41) is 0. The number of hydrogen-bond donors (Lipinski definition) is 0. The van der Waals surface area contributed by atoms with E-state index >= 15 is 0 Å². The van der Waals surface area contributed by atoms with Crippen LogP contribution in [0.4, 0.5) is 0 Å². The predicted molar refractivity (Wildman–Crippen MR) is 108 cm³/mol. The second-order valence-electron chi connectivity index (χ2n) is 7.22. The van der Waals surface area contributed by atoms with Crippen LogP contribution in [0.15, 0.2) is 48.5 Å². The minimum absolute atomic E-state index is 0.179. The summed E-state index contributed by atoms with van der Waals surface area (Å²) in [6, 6.07) is 15.8. The van der Waals surface area contributed by atoms with Gasteiger partial charge in [-0.1, -0.05) is 49.4 Å². The molecule has 0 N–H and O–H groups in total. The fourth-order valence-electron chi connectivity index (χ4n) is 3.39. The number of Topliss-reactive ketones (excluding diaryl/α,β-unsaturated/α-hetero) is 1. The van der Waals surface area contributed by atoms with Crippen LogP contribution in [0.3, 0.4) is 0 Å². The van der Waals surface area contributed by atoms with Gasteiger partial charge in [-0.2, -0.15) is 0 Å². The Morgan fingerprint density at radius 1 is 1.15 bits per heavy atom. The maximum Gasteiger partial charge on any atom is 0.163 e. The molecule has 2 aromatic carbocycles. The van der Waals surface area contributed by atoms with E-state index in [1.165, 1.54) is 5.56 Å². The third-order valence-corrected chi connectivity index (χ3v) is 5.12. The number of carbonyl (C=O) groups excluding carboxylic acids is 1. The lowest BCUT2D eigenvalue weighted by atomic mass is 9.92. The van der Waals surface area contributed by atoms with E-state index in [2.05, 4.69) is 30.9 Å². The molecule has 0 saturated carbocycles. The number of hydrogen-bond acceptors (Lipinski definition) is 4. The highest BCUT2D eigenvalue weighted by Crippen LogP contribution is 2.26. The lowest BCUT2D eigenvalue weighted by Crippen LogP contribution is -2.38. The molecule has 1 atom stereocenters. The second-order valence-corrected chi connectivity index (χ2v) is 7.22. The van der Waals surface area contributed by atoms with Crippen molar-refractivity contribution >= 4 is 5.78 Å². The monoisotopic (exact) mass is 367 g/mol. The number of carbonyl (C=O) groups is 1. The van der Waals surface area contributed by atoms with Gasteiger partial charge in [0.2, 0.25) is 0 Å². The molecule has 0 bridgehead atoms. The Morgan fingerprint density at radius 3 is 2.59 bits per heavy atom. The first-order valence-electron chi connectivity index (χ1n) is 9.75. The molecule has 0 radical (unpaired) electrons. The molecule has 0 amide bonds. The van der Waals surface area contributed by atoms with E-state index < -0.39 is 0 Å². The van der Waals surface area contributed by atoms with Gasteiger partial charge in [0.05, 0.1) is 13.2 Å². The van der Waals surface area contributed by atoms with Crippen LogP contribution >= 0.6 is 0 Å². The maximum atomic E-state index is 12.4. The van der Waals surface area contributed by atoms with Crippen molar-refractivity contribution < 1.29 is 14.3 Å². The Labute approximate surface area is 162 Å². The van der Waals surface area contributed by atoms with Gasteiger partial charge < -0.3 is 9.47 Å². The zero-order valence-electron chi connectivity index (χ0n) is 16.3. The lowest BCUT2D eigenvalue weighted by Gasteiger charge is -2.26. The summed E-state index contributed by atoms with van der Waals surface area (Å²) in [6.45, 7) is 9.37. The SMILES string of the molecule is Cc1cc(C(C)CC(=O)c2ccccc2)ccc1OCCN1CCOCC1. The number of morpholine rings is 1. The van der Waals surface area contributed by atoms with E-state index in [1.807, 2.05) is 36.4 Å². The highest BCUT2D eigenvalue weighted by molar-refractivity contribution is 5.96. The Morgan fingerprint density at radius 2 is 1.89 bits per heavy atom. The van der Waals surface area contributed by atoms with Crippen molar-refractivity contribution in [1.29, 1.82) is 0 Å². The van der Waals surface area contributed by atoms with Crippen molar-refractivity contribution in [2.75, 3.05) is 39.5 Å². The van der Waals surface area contributed by atoms with Crippen LogP contribution < -0.4 is 4.74 Å². The molecule has 0 aromatic heterocycles. The quantitative estimate of drug-likeness (QED) is 0.659. The Bertz CT molecular complexity index is 739. The van der Waals surface area contributed by atoms with Crippen LogP contribution in [0.1, 0.15) is 40.7 Å². The fourth-order valence-corrected chi connectivity index (χ4v) is 3.39. The maximum absolute atomic E-state index is 12.4. The summed E-state index contributed by atoms with van der Waals surface area (Å²) < 4.78 is 11.3. The number of nitrogens with zero attached hydrogens (tertiary/aromatic N) is 1. The van der Waals surface area contributed by atoms with Gasteiger partial charge in [-0.15, -0.1) is 0 Å². The largest absolute Gasteiger partial charge is 0.492 e. The van der Waals surface area contributed by atoms with Gasteiger partial charge in [0.25, 0.3) is 0 Å². The molecule has 1 saturated heterocycles. The molecule has 1 fully saturated rings. The summed E-state index contributed by atoms with van der Waals surface area (Å²) in [5.41, 5.74) is 3.08. The van der Waals surface area contributed by atoms with Gasteiger partial charge in [-0.25, -0.2) is 0 Å². The van der Waals surface area contributed by atoms with Crippen molar-refractivity contribution in [1.82, 2.24) is 4.90 Å². The molecule has 27 heavy (non-hydrogen) atoms. The van der Waals surface area contributed by atoms with Crippen LogP contribution in [0.5, 0.6) is 5.75 Å². The smallest absolute Gasteiger partial charge is 0.163 e. The molecule has 0 spiro atoms. The summed E-state index contributed by atoms with van der Waals surface area (Å²) in [4.78, 5) is 14.8. The van der Waals surface area contributed by atoms with E-state index in [4.69, 9.17) is 9.47 Å². The molecular formula is C23H29NO3. The Hall–Kier alpha value is -2.17. The van der Waals surface area contributed by atoms with Crippen molar-refractivity contribution in [3.05, 3.63) is 65.2 Å². The number of ketones is 1. The third-order valence-electron chi connectivity index (χ3n) is 5.12. The molecule has 1 aliphatic heterocycles. The highest BCUT2D eigenvalue weighted by Gasteiger charge is 2.14. The molecule has 1 heterocycles. The topological polar surface area (TPSA) is 38.8 Å². The first kappa shape index (κ1) is 19.6. The predicted octanol–water partition coefficient (Wildman–Crippen LogP) is 4.08. The standard InChI is InChI=1S/C23H29NO3/c1-18(17-22(25)20-6-4-3-5-7-20)21-8-9-23(19(2)16-21)27-15-12-24-10-13-26-14-11-24/h3-9,16,18H,10-15,17H2,1-2H3. The molecule has 1 unspecified atom stereocenters. The molecule has 144 valence electrons. The van der Waals surface area contributed by atoms with Gasteiger partial charge in [0.15, 0.2) is 5.78 Å². The molecule has 1 aliphatic rings. The Kier molecular flexibility index (Phi) is 7.02. The Balaban J connectivity index is 1.53. The summed E-state index contributed by atoms with van der Waals surface area (Å²) >= 11 is 0. The van der Waals surface area contributed by atoms with Gasteiger partial charge >= 0.3 is 0 Å². The number of aryl methyl sites for hydroxylation is 1. The van der Waals surface area contributed by atoms with E-state index in [1.54, 1.807) is 0 Å². The van der Waals surface area contributed by atoms with Crippen molar-refractivity contribution in [2.45, 2.75) is 26.2 Å². The molecule has 4 heteroatoms. The number of rotatable bonds is 8. The van der Waals surface area contributed by atoms with E-state index in [0.29, 0.717) is 13.0 Å². The average molecular weight is 367 g/mol. The van der Waals surface area contributed by atoms with Gasteiger partial charge in [0, 0.05) is 31.6 Å².